The van der Waals surface area contributed by atoms with E-state index in [2.05, 4.69) is 24.1 Å². The average molecular weight is 382 g/mol. The van der Waals surface area contributed by atoms with Crippen LogP contribution in [0.15, 0.2) is 29.5 Å². The summed E-state index contributed by atoms with van der Waals surface area (Å²) in [5.74, 6) is 0.517. The normalized spacial score (nSPS) is 16.8. The molecule has 0 aliphatic carbocycles. The fourth-order valence-corrected chi connectivity index (χ4v) is 3.73. The number of aromatic nitrogens is 2. The smallest absolute Gasteiger partial charge is 0.267 e. The van der Waals surface area contributed by atoms with Gasteiger partial charge in [-0.15, -0.1) is 0 Å². The van der Waals surface area contributed by atoms with Gasteiger partial charge in [0.15, 0.2) is 0 Å². The van der Waals surface area contributed by atoms with Crippen molar-refractivity contribution in [2.24, 2.45) is 4.99 Å². The summed E-state index contributed by atoms with van der Waals surface area (Å²) in [6.07, 6.45) is 5.61. The molecule has 2 aromatic heterocycles. The van der Waals surface area contributed by atoms with Crippen LogP contribution in [0.25, 0.3) is 0 Å². The van der Waals surface area contributed by atoms with Crippen molar-refractivity contribution in [1.82, 2.24) is 14.9 Å². The average Bonchev–Trinajstić information content (AvgIpc) is 3.33. The molecular formula is C21H26N4O3. The minimum absolute atomic E-state index is 0.108. The van der Waals surface area contributed by atoms with E-state index in [1.54, 1.807) is 13.2 Å². The molecule has 1 N–H and O–H groups in total. The van der Waals surface area contributed by atoms with Crippen molar-refractivity contribution in [3.05, 3.63) is 46.9 Å². The van der Waals surface area contributed by atoms with E-state index in [4.69, 9.17) is 14.5 Å². The van der Waals surface area contributed by atoms with Gasteiger partial charge in [0, 0.05) is 43.9 Å². The topological polar surface area (TPSA) is 77.7 Å². The molecule has 28 heavy (non-hydrogen) atoms. The Morgan fingerprint density at radius 3 is 2.86 bits per heavy atom. The van der Waals surface area contributed by atoms with Gasteiger partial charge in [0.2, 0.25) is 5.88 Å². The molecule has 1 saturated heterocycles. The highest BCUT2D eigenvalue weighted by atomic mass is 16.5. The maximum Gasteiger partial charge on any atom is 0.267 e. The first-order valence-electron chi connectivity index (χ1n) is 9.80. The molecule has 1 fully saturated rings. The largest absolute Gasteiger partial charge is 0.474 e. The molecule has 0 bridgehead atoms. The van der Waals surface area contributed by atoms with Crippen LogP contribution in [0.1, 0.15) is 59.9 Å². The van der Waals surface area contributed by atoms with Crippen LogP contribution in [-0.4, -0.2) is 47.5 Å². The number of rotatable bonds is 5. The molecule has 0 spiro atoms. The molecule has 1 amide bonds. The van der Waals surface area contributed by atoms with Crippen LogP contribution in [0.4, 0.5) is 0 Å². The second-order valence-electron chi connectivity index (χ2n) is 7.44. The molecule has 2 aliphatic heterocycles. The maximum atomic E-state index is 12.3. The van der Waals surface area contributed by atoms with Crippen molar-refractivity contribution in [2.45, 2.75) is 45.4 Å². The number of aliphatic imine (C=N–C) groups is 1. The highest BCUT2D eigenvalue weighted by Crippen LogP contribution is 2.32. The molecule has 0 radical (unpaired) electrons. The fraction of sp³-hybridized carbons (Fsp3) is 0.476. The lowest BCUT2D eigenvalue weighted by molar-refractivity contribution is 0.0236. The Morgan fingerprint density at radius 2 is 2.14 bits per heavy atom. The molecule has 0 atom stereocenters. The number of hydrogen-bond donors (Lipinski definition) is 1. The molecule has 7 nitrogen and oxygen atoms in total. The number of fused-ring (bicyclic) bond motifs is 1. The summed E-state index contributed by atoms with van der Waals surface area (Å²) in [5, 5.41) is 2.72. The number of nitrogens with one attached hydrogen (secondary N) is 1. The lowest BCUT2D eigenvalue weighted by atomic mass is 10.0. The molecule has 0 saturated carbocycles. The summed E-state index contributed by atoms with van der Waals surface area (Å²) in [6.45, 7) is 6.14. The Kier molecular flexibility index (Phi) is 5.17. The SMILES string of the molecule is CNC(=O)c1cc(C2=NCc3ccnc(OC4CCOCC4)c32)cn1C(C)C. The van der Waals surface area contributed by atoms with Gasteiger partial charge in [0.25, 0.3) is 5.91 Å². The molecule has 2 aromatic rings. The molecule has 4 rings (SSSR count). The first kappa shape index (κ1) is 18.7. The Hall–Kier alpha value is -2.67. The van der Waals surface area contributed by atoms with Gasteiger partial charge in [-0.25, -0.2) is 4.98 Å². The number of carbonyl (C=O) groups excluding carboxylic acids is 1. The standard InChI is InChI=1S/C21H26N4O3/c1-13(2)25-12-15(10-17(25)20(26)22-3)19-18-14(11-24-19)4-7-23-21(18)28-16-5-8-27-9-6-16/h4,7,10,12-13,16H,5-6,8-9,11H2,1-3H3,(H,22,26). The van der Waals surface area contributed by atoms with Crippen molar-refractivity contribution in [2.75, 3.05) is 20.3 Å². The summed E-state index contributed by atoms with van der Waals surface area (Å²) in [5.41, 5.74) is 4.43. The number of nitrogens with zero attached hydrogens (tertiary/aromatic N) is 3. The van der Waals surface area contributed by atoms with Crippen LogP contribution in [0.2, 0.25) is 0 Å². The summed E-state index contributed by atoms with van der Waals surface area (Å²) in [4.78, 5) is 21.6. The predicted octanol–water partition coefficient (Wildman–Crippen LogP) is 2.73. The molecule has 0 unspecified atom stereocenters. The van der Waals surface area contributed by atoms with Crippen LogP contribution in [-0.2, 0) is 11.3 Å². The van der Waals surface area contributed by atoms with Crippen molar-refractivity contribution in [1.29, 1.82) is 0 Å². The van der Waals surface area contributed by atoms with E-state index in [-0.39, 0.29) is 18.1 Å². The number of hydrogen-bond acceptors (Lipinski definition) is 5. The van der Waals surface area contributed by atoms with E-state index in [1.165, 1.54) is 0 Å². The Balaban J connectivity index is 1.70. The van der Waals surface area contributed by atoms with Gasteiger partial charge in [-0.1, -0.05) is 0 Å². The number of amides is 1. The van der Waals surface area contributed by atoms with Gasteiger partial charge in [0.1, 0.15) is 11.8 Å². The Morgan fingerprint density at radius 1 is 1.36 bits per heavy atom. The monoisotopic (exact) mass is 382 g/mol. The zero-order valence-corrected chi connectivity index (χ0v) is 16.6. The van der Waals surface area contributed by atoms with Gasteiger partial charge >= 0.3 is 0 Å². The molecule has 148 valence electrons. The molecular weight excluding hydrogens is 356 g/mol. The van der Waals surface area contributed by atoms with E-state index in [1.807, 2.05) is 22.9 Å². The summed E-state index contributed by atoms with van der Waals surface area (Å²) >= 11 is 0. The number of carbonyl (C=O) groups is 1. The van der Waals surface area contributed by atoms with Crippen LogP contribution in [0, 0.1) is 0 Å². The summed E-state index contributed by atoms with van der Waals surface area (Å²) in [7, 11) is 1.64. The highest BCUT2D eigenvalue weighted by Gasteiger charge is 2.27. The van der Waals surface area contributed by atoms with Crippen LogP contribution >= 0.6 is 0 Å². The maximum absolute atomic E-state index is 12.3. The van der Waals surface area contributed by atoms with E-state index in [9.17, 15) is 4.79 Å². The third-order valence-electron chi connectivity index (χ3n) is 5.23. The van der Waals surface area contributed by atoms with Crippen LogP contribution < -0.4 is 10.1 Å². The van der Waals surface area contributed by atoms with Gasteiger partial charge in [-0.3, -0.25) is 9.79 Å². The molecule has 4 heterocycles. The fourth-order valence-electron chi connectivity index (χ4n) is 3.73. The Bertz CT molecular complexity index is 910. The minimum Gasteiger partial charge on any atom is -0.474 e. The third-order valence-corrected chi connectivity index (χ3v) is 5.23. The van der Waals surface area contributed by atoms with Crippen molar-refractivity contribution >= 4 is 11.6 Å². The predicted molar refractivity (Wildman–Crippen MR) is 106 cm³/mol. The number of ether oxygens (including phenoxy) is 2. The first-order valence-corrected chi connectivity index (χ1v) is 9.80. The highest BCUT2D eigenvalue weighted by molar-refractivity contribution is 6.17. The van der Waals surface area contributed by atoms with Gasteiger partial charge in [-0.2, -0.15) is 0 Å². The molecule has 7 heteroatoms. The van der Waals surface area contributed by atoms with Crippen molar-refractivity contribution < 1.29 is 14.3 Å². The van der Waals surface area contributed by atoms with Crippen molar-refractivity contribution in [3.63, 3.8) is 0 Å². The minimum atomic E-state index is -0.108. The van der Waals surface area contributed by atoms with Gasteiger partial charge < -0.3 is 19.4 Å². The van der Waals surface area contributed by atoms with E-state index in [0.717, 1.165) is 35.2 Å². The van der Waals surface area contributed by atoms with E-state index < -0.39 is 0 Å². The third kappa shape index (κ3) is 3.42. The van der Waals surface area contributed by atoms with Crippen LogP contribution in [0.5, 0.6) is 5.88 Å². The first-order chi connectivity index (χ1) is 13.6. The van der Waals surface area contributed by atoms with Crippen molar-refractivity contribution in [3.8, 4) is 5.88 Å². The quantitative estimate of drug-likeness (QED) is 0.863. The van der Waals surface area contributed by atoms with E-state index in [0.29, 0.717) is 31.3 Å². The Labute approximate surface area is 164 Å². The molecule has 0 aromatic carbocycles. The lowest BCUT2D eigenvalue weighted by Gasteiger charge is -2.23. The second kappa shape index (κ2) is 7.75. The van der Waals surface area contributed by atoms with Gasteiger partial charge in [-0.05, 0) is 31.5 Å². The summed E-state index contributed by atoms with van der Waals surface area (Å²) in [6, 6.07) is 4.05. The zero-order chi connectivity index (χ0) is 19.7. The summed E-state index contributed by atoms with van der Waals surface area (Å²) < 4.78 is 13.6. The van der Waals surface area contributed by atoms with Crippen LogP contribution in [0.3, 0.4) is 0 Å². The number of pyridine rings is 1. The molecule has 2 aliphatic rings. The van der Waals surface area contributed by atoms with Gasteiger partial charge in [0.05, 0.1) is 31.0 Å². The second-order valence-corrected chi connectivity index (χ2v) is 7.44. The zero-order valence-electron chi connectivity index (χ0n) is 16.6. The van der Waals surface area contributed by atoms with E-state index >= 15 is 0 Å². The lowest BCUT2D eigenvalue weighted by Crippen LogP contribution is -2.27.